The van der Waals surface area contributed by atoms with E-state index in [1.807, 2.05) is 24.3 Å². The van der Waals surface area contributed by atoms with Crippen LogP contribution in [-0.4, -0.2) is 45.4 Å². The summed E-state index contributed by atoms with van der Waals surface area (Å²) in [5.41, 5.74) is 2.13. The molecule has 0 radical (unpaired) electrons. The van der Waals surface area contributed by atoms with Gasteiger partial charge in [-0.1, -0.05) is 31.2 Å². The number of nitrogens with zero attached hydrogens (tertiary/aromatic N) is 1. The molecule has 0 bridgehead atoms. The van der Waals surface area contributed by atoms with Crippen LogP contribution in [0, 0.1) is 6.92 Å². The molecule has 1 aliphatic rings. The number of halogens is 1. The van der Waals surface area contributed by atoms with E-state index in [1.165, 1.54) is 30.0 Å². The fourth-order valence-electron chi connectivity index (χ4n) is 3.28. The zero-order chi connectivity index (χ0) is 19.6. The van der Waals surface area contributed by atoms with E-state index in [0.29, 0.717) is 19.6 Å². The number of rotatable bonds is 5. The Hall–Kier alpha value is -1.87. The van der Waals surface area contributed by atoms with Gasteiger partial charge in [-0.15, -0.1) is 12.4 Å². The lowest BCUT2D eigenvalue weighted by atomic mass is 10.0. The number of furan rings is 1. The topological polar surface area (TPSA) is 88.9 Å². The van der Waals surface area contributed by atoms with E-state index in [9.17, 15) is 13.2 Å². The van der Waals surface area contributed by atoms with Crippen molar-refractivity contribution in [2.75, 3.05) is 26.7 Å². The van der Waals surface area contributed by atoms with Crippen LogP contribution < -0.4 is 5.32 Å². The Morgan fingerprint density at radius 1 is 1.32 bits per heavy atom. The zero-order valence-corrected chi connectivity index (χ0v) is 17.7. The summed E-state index contributed by atoms with van der Waals surface area (Å²) in [5, 5.41) is 3.26. The van der Waals surface area contributed by atoms with Gasteiger partial charge in [0.2, 0.25) is 15.8 Å². The van der Waals surface area contributed by atoms with Crippen molar-refractivity contribution >= 4 is 28.4 Å². The van der Waals surface area contributed by atoms with Gasteiger partial charge in [0.05, 0.1) is 13.2 Å². The predicted molar refractivity (Wildman–Crippen MR) is 107 cm³/mol. The van der Waals surface area contributed by atoms with Crippen molar-refractivity contribution in [1.29, 1.82) is 0 Å². The smallest absolute Gasteiger partial charge is 0.373 e. The molecule has 0 aliphatic carbocycles. The van der Waals surface area contributed by atoms with Crippen LogP contribution in [0.2, 0.25) is 0 Å². The SMILES string of the molecule is CCc1ccc(C2CNCCN2S(=O)(=O)c2cc(C(=O)OC)oc2C)cc1.Cl. The van der Waals surface area contributed by atoms with Crippen molar-refractivity contribution in [3.8, 4) is 0 Å². The molecule has 1 saturated heterocycles. The Bertz CT molecular complexity index is 924. The number of nitrogens with one attached hydrogen (secondary N) is 1. The molecular weight excluding hydrogens is 404 g/mol. The van der Waals surface area contributed by atoms with E-state index in [2.05, 4.69) is 17.0 Å². The number of hydrogen-bond acceptors (Lipinski definition) is 6. The van der Waals surface area contributed by atoms with Gasteiger partial charge < -0.3 is 14.5 Å². The van der Waals surface area contributed by atoms with Gasteiger partial charge in [-0.3, -0.25) is 0 Å². The fraction of sp³-hybridized carbons (Fsp3) is 0.421. The summed E-state index contributed by atoms with van der Waals surface area (Å²) in [6, 6.07) is 8.91. The third kappa shape index (κ3) is 4.25. The van der Waals surface area contributed by atoms with Crippen molar-refractivity contribution in [3.05, 3.63) is 53.0 Å². The molecule has 154 valence electrons. The van der Waals surface area contributed by atoms with E-state index in [0.717, 1.165) is 12.0 Å². The van der Waals surface area contributed by atoms with Crippen LogP contribution in [-0.2, 0) is 21.2 Å². The van der Waals surface area contributed by atoms with Gasteiger partial charge in [0.15, 0.2) is 0 Å². The molecule has 0 saturated carbocycles. The predicted octanol–water partition coefficient (Wildman–Crippen LogP) is 2.69. The first-order chi connectivity index (χ1) is 12.9. The molecule has 28 heavy (non-hydrogen) atoms. The van der Waals surface area contributed by atoms with Crippen LogP contribution in [0.1, 0.15) is 40.4 Å². The third-order valence-corrected chi connectivity index (χ3v) is 6.83. The van der Waals surface area contributed by atoms with Gasteiger partial charge in [0.25, 0.3) is 0 Å². The summed E-state index contributed by atoms with van der Waals surface area (Å²) in [5.74, 6) is -0.645. The van der Waals surface area contributed by atoms with Crippen LogP contribution in [0.25, 0.3) is 0 Å². The van der Waals surface area contributed by atoms with Gasteiger partial charge in [0.1, 0.15) is 10.7 Å². The molecule has 1 aromatic carbocycles. The second kappa shape index (κ2) is 9.09. The number of aryl methyl sites for hydroxylation is 2. The second-order valence-corrected chi connectivity index (χ2v) is 8.31. The quantitative estimate of drug-likeness (QED) is 0.736. The molecule has 1 atom stereocenters. The maximum absolute atomic E-state index is 13.3. The standard InChI is InChI=1S/C19H24N2O5S.ClH/c1-4-14-5-7-15(8-6-14)16-12-20-9-10-21(16)27(23,24)18-11-17(19(22)25-3)26-13(18)2;/h5-8,11,16,20H,4,9-10,12H2,1-3H3;1H. The highest BCUT2D eigenvalue weighted by Gasteiger charge is 2.37. The molecule has 3 rings (SSSR count). The Balaban J connectivity index is 0.00000280. The monoisotopic (exact) mass is 428 g/mol. The molecule has 1 aromatic heterocycles. The number of carbonyl (C=O) groups is 1. The first-order valence-corrected chi connectivity index (χ1v) is 10.3. The van der Waals surface area contributed by atoms with Crippen LogP contribution >= 0.6 is 12.4 Å². The van der Waals surface area contributed by atoms with Crippen molar-refractivity contribution in [1.82, 2.24) is 9.62 Å². The van der Waals surface area contributed by atoms with Crippen molar-refractivity contribution in [2.45, 2.75) is 31.2 Å². The Labute approximate surface area is 171 Å². The van der Waals surface area contributed by atoms with Crippen molar-refractivity contribution < 1.29 is 22.4 Å². The number of ether oxygens (including phenoxy) is 1. The molecule has 0 amide bonds. The molecule has 2 heterocycles. The lowest BCUT2D eigenvalue weighted by Gasteiger charge is -2.35. The maximum Gasteiger partial charge on any atom is 0.373 e. The highest BCUT2D eigenvalue weighted by atomic mass is 35.5. The lowest BCUT2D eigenvalue weighted by molar-refractivity contribution is 0.0563. The number of esters is 1. The number of sulfonamides is 1. The molecular formula is C19H25ClN2O5S. The molecule has 7 nitrogen and oxygen atoms in total. The molecule has 0 spiro atoms. The summed E-state index contributed by atoms with van der Waals surface area (Å²) >= 11 is 0. The third-order valence-electron chi connectivity index (χ3n) is 4.81. The normalized spacial score (nSPS) is 17.8. The van der Waals surface area contributed by atoms with Gasteiger partial charge in [-0.25, -0.2) is 13.2 Å². The molecule has 1 unspecified atom stereocenters. The molecule has 9 heteroatoms. The Morgan fingerprint density at radius 2 is 2.00 bits per heavy atom. The second-order valence-electron chi connectivity index (χ2n) is 6.45. The molecule has 1 N–H and O–H groups in total. The van der Waals surface area contributed by atoms with Gasteiger partial charge >= 0.3 is 5.97 Å². The molecule has 1 aliphatic heterocycles. The van der Waals surface area contributed by atoms with Crippen LogP contribution in [0.15, 0.2) is 39.6 Å². The number of hydrogen-bond donors (Lipinski definition) is 1. The van der Waals surface area contributed by atoms with E-state index >= 15 is 0 Å². The summed E-state index contributed by atoms with van der Waals surface area (Å²) in [4.78, 5) is 11.7. The van der Waals surface area contributed by atoms with Gasteiger partial charge in [-0.2, -0.15) is 4.31 Å². The van der Waals surface area contributed by atoms with Gasteiger partial charge in [0, 0.05) is 25.7 Å². The van der Waals surface area contributed by atoms with Crippen LogP contribution in [0.3, 0.4) is 0 Å². The number of methoxy groups -OCH3 is 1. The van der Waals surface area contributed by atoms with Crippen molar-refractivity contribution in [2.24, 2.45) is 0 Å². The maximum atomic E-state index is 13.3. The lowest BCUT2D eigenvalue weighted by Crippen LogP contribution is -2.48. The largest absolute Gasteiger partial charge is 0.463 e. The summed E-state index contributed by atoms with van der Waals surface area (Å²) in [6.07, 6.45) is 0.926. The summed E-state index contributed by atoms with van der Waals surface area (Å²) < 4.78 is 38.1. The Kier molecular flexibility index (Phi) is 7.28. The number of piperazine rings is 1. The van der Waals surface area contributed by atoms with Crippen LogP contribution in [0.4, 0.5) is 0 Å². The van der Waals surface area contributed by atoms with E-state index in [-0.39, 0.29) is 34.9 Å². The molecule has 2 aromatic rings. The highest BCUT2D eigenvalue weighted by Crippen LogP contribution is 2.32. The van der Waals surface area contributed by atoms with E-state index < -0.39 is 16.0 Å². The first-order valence-electron chi connectivity index (χ1n) is 8.88. The zero-order valence-electron chi connectivity index (χ0n) is 16.1. The van der Waals surface area contributed by atoms with Crippen LogP contribution in [0.5, 0.6) is 0 Å². The van der Waals surface area contributed by atoms with E-state index in [1.54, 1.807) is 0 Å². The first kappa shape index (κ1) is 22.4. The van der Waals surface area contributed by atoms with Gasteiger partial charge in [-0.05, 0) is 24.5 Å². The summed E-state index contributed by atoms with van der Waals surface area (Å²) in [6.45, 7) is 5.02. The fourth-order valence-corrected chi connectivity index (χ4v) is 5.06. The van der Waals surface area contributed by atoms with Crippen molar-refractivity contribution in [3.63, 3.8) is 0 Å². The minimum Gasteiger partial charge on any atom is -0.463 e. The minimum absolute atomic E-state index is 0. The average molecular weight is 429 g/mol. The molecule has 1 fully saturated rings. The number of benzene rings is 1. The summed E-state index contributed by atoms with van der Waals surface area (Å²) in [7, 11) is -2.61. The minimum atomic E-state index is -3.83. The Morgan fingerprint density at radius 3 is 2.61 bits per heavy atom. The highest BCUT2D eigenvalue weighted by molar-refractivity contribution is 7.89. The number of carbonyl (C=O) groups excluding carboxylic acids is 1. The van der Waals surface area contributed by atoms with E-state index in [4.69, 9.17) is 4.42 Å². The average Bonchev–Trinajstić information content (AvgIpc) is 3.10.